The van der Waals surface area contributed by atoms with Gasteiger partial charge in [0, 0.05) is 29.9 Å². The van der Waals surface area contributed by atoms with E-state index in [9.17, 15) is 19.7 Å². The number of aromatic nitrogens is 3. The lowest BCUT2D eigenvalue weighted by atomic mass is 10.1. The standard InChI is InChI=1S/C22H24N6O4S/c1-4-27-20(15(3)23-21(30)16-7-5-6-14(2)12-16)25-26-22(27)33-13-19(29)24-17-8-10-18(11-9-17)28(31)32/h5-12,15H,4,13H2,1-3H3,(H,23,30)(H,24,29)/t15-/m1/s1. The van der Waals surface area contributed by atoms with Crippen molar-refractivity contribution < 1.29 is 14.5 Å². The minimum absolute atomic E-state index is 0.0467. The molecule has 3 rings (SSSR count). The Hall–Kier alpha value is -3.73. The Morgan fingerprint density at radius 1 is 1.18 bits per heavy atom. The van der Waals surface area contributed by atoms with Crippen molar-refractivity contribution in [2.45, 2.75) is 38.5 Å². The van der Waals surface area contributed by atoms with Gasteiger partial charge < -0.3 is 15.2 Å². The van der Waals surface area contributed by atoms with Gasteiger partial charge in [-0.15, -0.1) is 10.2 Å². The van der Waals surface area contributed by atoms with Gasteiger partial charge in [-0.2, -0.15) is 0 Å². The number of carbonyl (C=O) groups is 2. The Bertz CT molecular complexity index is 1160. The second kappa shape index (κ2) is 10.7. The highest BCUT2D eigenvalue weighted by Gasteiger charge is 2.20. The number of nitrogens with zero attached hydrogens (tertiary/aromatic N) is 4. The van der Waals surface area contributed by atoms with Gasteiger partial charge in [0.2, 0.25) is 5.91 Å². The molecule has 0 bridgehead atoms. The smallest absolute Gasteiger partial charge is 0.269 e. The molecule has 0 fully saturated rings. The SMILES string of the molecule is CCn1c(SCC(=O)Nc2ccc([N+](=O)[O-])cc2)nnc1[C@@H](C)NC(=O)c1cccc(C)c1. The zero-order valence-electron chi connectivity index (χ0n) is 18.4. The summed E-state index contributed by atoms with van der Waals surface area (Å²) in [7, 11) is 0. The van der Waals surface area contributed by atoms with Crippen molar-refractivity contribution in [3.05, 3.63) is 75.6 Å². The van der Waals surface area contributed by atoms with E-state index in [0.29, 0.717) is 28.8 Å². The van der Waals surface area contributed by atoms with E-state index in [4.69, 9.17) is 0 Å². The van der Waals surface area contributed by atoms with Crippen LogP contribution in [0.25, 0.3) is 0 Å². The van der Waals surface area contributed by atoms with Gasteiger partial charge in [-0.25, -0.2) is 0 Å². The van der Waals surface area contributed by atoms with E-state index in [-0.39, 0.29) is 29.3 Å². The number of amides is 2. The second-order valence-corrected chi connectivity index (χ2v) is 8.23. The van der Waals surface area contributed by atoms with Crippen molar-refractivity contribution in [2.75, 3.05) is 11.1 Å². The number of hydrogen-bond acceptors (Lipinski definition) is 7. The summed E-state index contributed by atoms with van der Waals surface area (Å²) in [5.41, 5.74) is 1.99. The molecule has 0 aliphatic rings. The average Bonchev–Trinajstić information content (AvgIpc) is 3.21. The van der Waals surface area contributed by atoms with Crippen molar-refractivity contribution in [3.63, 3.8) is 0 Å². The first kappa shape index (κ1) is 23.9. The molecule has 0 unspecified atom stereocenters. The fourth-order valence-corrected chi connectivity index (χ4v) is 3.96. The lowest BCUT2D eigenvalue weighted by molar-refractivity contribution is -0.384. The van der Waals surface area contributed by atoms with E-state index < -0.39 is 4.92 Å². The number of nitro benzene ring substituents is 1. The fraction of sp³-hybridized carbons (Fsp3) is 0.273. The number of aryl methyl sites for hydroxylation is 1. The van der Waals surface area contributed by atoms with Crippen LogP contribution in [0.4, 0.5) is 11.4 Å². The van der Waals surface area contributed by atoms with Crippen molar-refractivity contribution in [2.24, 2.45) is 0 Å². The van der Waals surface area contributed by atoms with E-state index in [2.05, 4.69) is 20.8 Å². The third-order valence-electron chi connectivity index (χ3n) is 4.77. The van der Waals surface area contributed by atoms with E-state index in [1.165, 1.54) is 36.0 Å². The third kappa shape index (κ3) is 6.16. The van der Waals surface area contributed by atoms with Crippen molar-refractivity contribution in [1.82, 2.24) is 20.1 Å². The number of non-ortho nitro benzene ring substituents is 1. The molecule has 11 heteroatoms. The largest absolute Gasteiger partial charge is 0.342 e. The molecule has 0 spiro atoms. The van der Waals surface area contributed by atoms with Crippen LogP contribution < -0.4 is 10.6 Å². The zero-order valence-corrected chi connectivity index (χ0v) is 19.3. The number of thioether (sulfide) groups is 1. The molecule has 0 aliphatic heterocycles. The summed E-state index contributed by atoms with van der Waals surface area (Å²) in [6.07, 6.45) is 0. The monoisotopic (exact) mass is 468 g/mol. The number of hydrogen-bond donors (Lipinski definition) is 2. The van der Waals surface area contributed by atoms with Crippen molar-refractivity contribution >= 4 is 35.0 Å². The molecule has 1 heterocycles. The molecular formula is C22H24N6O4S. The highest BCUT2D eigenvalue weighted by Crippen LogP contribution is 2.22. The first-order chi connectivity index (χ1) is 15.8. The predicted octanol–water partition coefficient (Wildman–Crippen LogP) is 3.74. The van der Waals surface area contributed by atoms with E-state index in [0.717, 1.165) is 5.56 Å². The summed E-state index contributed by atoms with van der Waals surface area (Å²) in [5.74, 6) is 0.200. The molecule has 172 valence electrons. The molecule has 0 aliphatic carbocycles. The predicted molar refractivity (Wildman–Crippen MR) is 125 cm³/mol. The molecule has 33 heavy (non-hydrogen) atoms. The number of rotatable bonds is 9. The summed E-state index contributed by atoms with van der Waals surface area (Å²) >= 11 is 1.22. The first-order valence-electron chi connectivity index (χ1n) is 10.3. The van der Waals surface area contributed by atoms with Gasteiger partial charge in [-0.3, -0.25) is 19.7 Å². The van der Waals surface area contributed by atoms with Crippen LogP contribution in [0.15, 0.2) is 53.7 Å². The number of carbonyl (C=O) groups excluding carboxylic acids is 2. The van der Waals surface area contributed by atoms with Crippen LogP contribution in [0.1, 0.15) is 41.6 Å². The fourth-order valence-electron chi connectivity index (χ4n) is 3.15. The van der Waals surface area contributed by atoms with Crippen LogP contribution in [0.3, 0.4) is 0 Å². The molecular weight excluding hydrogens is 444 g/mol. The van der Waals surface area contributed by atoms with Crippen LogP contribution in [-0.4, -0.2) is 37.3 Å². The van der Waals surface area contributed by atoms with Crippen LogP contribution >= 0.6 is 11.8 Å². The highest BCUT2D eigenvalue weighted by molar-refractivity contribution is 7.99. The van der Waals surface area contributed by atoms with Gasteiger partial charge in [0.25, 0.3) is 11.6 Å². The topological polar surface area (TPSA) is 132 Å². The zero-order chi connectivity index (χ0) is 24.0. The van der Waals surface area contributed by atoms with Gasteiger partial charge in [-0.1, -0.05) is 29.5 Å². The second-order valence-electron chi connectivity index (χ2n) is 7.29. The number of nitrogens with one attached hydrogen (secondary N) is 2. The Kier molecular flexibility index (Phi) is 7.78. The van der Waals surface area contributed by atoms with Crippen LogP contribution in [0, 0.1) is 17.0 Å². The van der Waals surface area contributed by atoms with Gasteiger partial charge in [-0.05, 0) is 45.0 Å². The molecule has 0 radical (unpaired) electrons. The molecule has 1 aromatic heterocycles. The van der Waals surface area contributed by atoms with E-state index in [1.807, 2.05) is 43.5 Å². The number of anilines is 1. The molecule has 0 saturated carbocycles. The Morgan fingerprint density at radius 3 is 2.55 bits per heavy atom. The van der Waals surface area contributed by atoms with Gasteiger partial charge in [0.05, 0.1) is 16.7 Å². The maximum Gasteiger partial charge on any atom is 0.269 e. The van der Waals surface area contributed by atoms with Crippen molar-refractivity contribution in [3.8, 4) is 0 Å². The lowest BCUT2D eigenvalue weighted by Gasteiger charge is -2.15. The Balaban J connectivity index is 1.60. The summed E-state index contributed by atoms with van der Waals surface area (Å²) in [6, 6.07) is 12.6. The summed E-state index contributed by atoms with van der Waals surface area (Å²) in [5, 5.41) is 25.3. The lowest BCUT2D eigenvalue weighted by Crippen LogP contribution is -2.28. The van der Waals surface area contributed by atoms with Crippen LogP contribution in [0.2, 0.25) is 0 Å². The summed E-state index contributed by atoms with van der Waals surface area (Å²) < 4.78 is 1.85. The molecule has 2 aromatic carbocycles. The number of benzene rings is 2. The van der Waals surface area contributed by atoms with Crippen LogP contribution in [-0.2, 0) is 11.3 Å². The molecule has 2 N–H and O–H groups in total. The molecule has 10 nitrogen and oxygen atoms in total. The average molecular weight is 469 g/mol. The summed E-state index contributed by atoms with van der Waals surface area (Å²) in [6.45, 7) is 6.26. The Morgan fingerprint density at radius 2 is 1.91 bits per heavy atom. The van der Waals surface area contributed by atoms with Gasteiger partial charge in [0.1, 0.15) is 0 Å². The molecule has 1 atom stereocenters. The molecule has 3 aromatic rings. The first-order valence-corrected chi connectivity index (χ1v) is 11.2. The minimum atomic E-state index is -0.499. The molecule has 2 amide bonds. The quantitative estimate of drug-likeness (QED) is 0.278. The maximum absolute atomic E-state index is 12.6. The normalized spacial score (nSPS) is 11.6. The highest BCUT2D eigenvalue weighted by atomic mass is 32.2. The van der Waals surface area contributed by atoms with Gasteiger partial charge in [0.15, 0.2) is 11.0 Å². The van der Waals surface area contributed by atoms with Gasteiger partial charge >= 0.3 is 0 Å². The van der Waals surface area contributed by atoms with E-state index >= 15 is 0 Å². The summed E-state index contributed by atoms with van der Waals surface area (Å²) in [4.78, 5) is 35.1. The third-order valence-corrected chi connectivity index (χ3v) is 5.74. The van der Waals surface area contributed by atoms with Crippen LogP contribution in [0.5, 0.6) is 0 Å². The minimum Gasteiger partial charge on any atom is -0.342 e. The molecule has 0 saturated heterocycles. The van der Waals surface area contributed by atoms with Crippen molar-refractivity contribution in [1.29, 1.82) is 0 Å². The maximum atomic E-state index is 12.6. The Labute approximate surface area is 194 Å². The van der Waals surface area contributed by atoms with E-state index in [1.54, 1.807) is 6.07 Å². The number of nitro groups is 1.